The van der Waals surface area contributed by atoms with Gasteiger partial charge in [0.1, 0.15) is 6.04 Å². The predicted molar refractivity (Wildman–Crippen MR) is 173 cm³/mol. The first-order valence-corrected chi connectivity index (χ1v) is 16.4. The second-order valence-corrected chi connectivity index (χ2v) is 11.5. The molecule has 1 fully saturated rings. The van der Waals surface area contributed by atoms with Crippen molar-refractivity contribution in [3.63, 3.8) is 0 Å². The van der Waals surface area contributed by atoms with Gasteiger partial charge in [0.2, 0.25) is 17.7 Å². The highest BCUT2D eigenvalue weighted by Crippen LogP contribution is 2.03. The summed E-state index contributed by atoms with van der Waals surface area (Å²) in [5.74, 6) is -4.38. The summed E-state index contributed by atoms with van der Waals surface area (Å²) in [6.45, 7) is 5.31. The molecule has 1 atom stereocenters. The van der Waals surface area contributed by atoms with Crippen molar-refractivity contribution in [2.45, 2.75) is 38.6 Å². The topological polar surface area (TPSA) is 231 Å². The highest BCUT2D eigenvalue weighted by Gasteiger charge is 2.24. The van der Waals surface area contributed by atoms with Crippen molar-refractivity contribution in [2.75, 3.05) is 119 Å². The Hall–Kier alpha value is -3.42. The van der Waals surface area contributed by atoms with Gasteiger partial charge in [-0.25, -0.2) is 0 Å². The van der Waals surface area contributed by atoms with Crippen LogP contribution in [-0.2, 0) is 38.2 Å². The van der Waals surface area contributed by atoms with Gasteiger partial charge in [0.25, 0.3) is 0 Å². The van der Waals surface area contributed by atoms with Crippen molar-refractivity contribution in [1.29, 1.82) is 0 Å². The Balaban J connectivity index is 2.91. The molecule has 1 aliphatic rings. The molecule has 3 amide bonds. The van der Waals surface area contributed by atoms with Crippen molar-refractivity contribution in [3.8, 4) is 0 Å². The van der Waals surface area contributed by atoms with E-state index >= 15 is 0 Å². The number of ether oxygens (including phenoxy) is 2. The van der Waals surface area contributed by atoms with Gasteiger partial charge in [-0.2, -0.15) is 0 Å². The third-order valence-electron chi connectivity index (χ3n) is 7.45. The first kappa shape index (κ1) is 42.6. The number of hydrogen-bond acceptors (Lipinski definition) is 12. The summed E-state index contributed by atoms with van der Waals surface area (Å²) in [6.07, 6.45) is 1.53. The molecule has 6 N–H and O–H groups in total. The van der Waals surface area contributed by atoms with E-state index in [-0.39, 0.29) is 97.3 Å². The maximum Gasteiger partial charge on any atom is 0.317 e. The van der Waals surface area contributed by atoms with Gasteiger partial charge in [0.15, 0.2) is 0 Å². The fourth-order valence-electron chi connectivity index (χ4n) is 4.87. The number of rotatable bonds is 22. The first-order chi connectivity index (χ1) is 22.9. The summed E-state index contributed by atoms with van der Waals surface area (Å²) < 4.78 is 10.8. The fourth-order valence-corrected chi connectivity index (χ4v) is 4.87. The highest BCUT2D eigenvalue weighted by molar-refractivity contribution is 5.89. The third kappa shape index (κ3) is 21.5. The first-order valence-electron chi connectivity index (χ1n) is 16.4. The number of nitrogens with zero attached hydrogens (tertiary/aromatic N) is 4. The van der Waals surface area contributed by atoms with Crippen molar-refractivity contribution in [2.24, 2.45) is 0 Å². The Morgan fingerprint density at radius 1 is 0.646 bits per heavy atom. The van der Waals surface area contributed by atoms with E-state index in [1.165, 1.54) is 7.05 Å². The van der Waals surface area contributed by atoms with Crippen LogP contribution in [0.15, 0.2) is 0 Å². The molecule has 0 radical (unpaired) electrons. The van der Waals surface area contributed by atoms with E-state index in [2.05, 4.69) is 16.0 Å². The molecule has 0 aromatic carbocycles. The van der Waals surface area contributed by atoms with E-state index in [9.17, 15) is 44.1 Å². The van der Waals surface area contributed by atoms with Crippen molar-refractivity contribution >= 4 is 35.6 Å². The molecule has 0 spiro atoms. The number of carbonyl (C=O) groups is 6. The molecule has 18 heteroatoms. The molecule has 0 saturated carbocycles. The zero-order valence-corrected chi connectivity index (χ0v) is 28.3. The minimum atomic E-state index is -1.05. The SMILES string of the molecule is CCCOCCOCCCNC(=O)[C@@H](CCC(=O)NC)NC(=O)CN1CCN(CC(=O)O)CCN(CC(=O)O)CCN(CC(=O)O)CC1. The summed E-state index contributed by atoms with van der Waals surface area (Å²) in [4.78, 5) is 79.4. The second kappa shape index (κ2) is 25.6. The van der Waals surface area contributed by atoms with E-state index in [4.69, 9.17) is 9.47 Å². The maximum absolute atomic E-state index is 13.3. The zero-order chi connectivity index (χ0) is 35.7. The van der Waals surface area contributed by atoms with Crippen LogP contribution in [0.5, 0.6) is 0 Å². The molecule has 18 nitrogen and oxygen atoms in total. The lowest BCUT2D eigenvalue weighted by molar-refractivity contribution is -0.140. The minimum Gasteiger partial charge on any atom is -0.480 e. The molecular weight excluding hydrogens is 634 g/mol. The summed E-state index contributed by atoms with van der Waals surface area (Å²) in [5, 5.41) is 36.2. The molecule has 1 rings (SSSR count). The van der Waals surface area contributed by atoms with Crippen LogP contribution in [0.1, 0.15) is 32.6 Å². The Morgan fingerprint density at radius 3 is 1.50 bits per heavy atom. The van der Waals surface area contributed by atoms with Gasteiger partial charge in [-0.05, 0) is 19.3 Å². The molecule has 48 heavy (non-hydrogen) atoms. The Kier molecular flexibility index (Phi) is 22.7. The molecule has 0 bridgehead atoms. The lowest BCUT2D eigenvalue weighted by Crippen LogP contribution is -2.52. The molecule has 0 aliphatic carbocycles. The summed E-state index contributed by atoms with van der Waals surface area (Å²) >= 11 is 0. The van der Waals surface area contributed by atoms with Crippen LogP contribution in [-0.4, -0.2) is 195 Å². The van der Waals surface area contributed by atoms with Crippen LogP contribution < -0.4 is 16.0 Å². The molecule has 276 valence electrons. The molecule has 0 aromatic heterocycles. The van der Waals surface area contributed by atoms with Gasteiger partial charge in [-0.3, -0.25) is 48.4 Å². The minimum absolute atomic E-state index is 0.00659. The van der Waals surface area contributed by atoms with Crippen LogP contribution in [0.2, 0.25) is 0 Å². The van der Waals surface area contributed by atoms with Gasteiger partial charge in [-0.1, -0.05) is 6.92 Å². The monoisotopic (exact) mass is 689 g/mol. The van der Waals surface area contributed by atoms with E-state index in [0.29, 0.717) is 39.4 Å². The van der Waals surface area contributed by atoms with Crippen LogP contribution in [0.3, 0.4) is 0 Å². The van der Waals surface area contributed by atoms with Gasteiger partial charge in [0.05, 0.1) is 39.4 Å². The zero-order valence-electron chi connectivity index (χ0n) is 28.3. The fraction of sp³-hybridized carbons (Fsp3) is 0.800. The van der Waals surface area contributed by atoms with E-state index in [0.717, 1.165) is 6.42 Å². The Morgan fingerprint density at radius 2 is 1.08 bits per heavy atom. The summed E-state index contributed by atoms with van der Waals surface area (Å²) in [7, 11) is 1.48. The van der Waals surface area contributed by atoms with Crippen molar-refractivity contribution in [1.82, 2.24) is 35.6 Å². The quantitative estimate of drug-likeness (QED) is 0.0642. The Bertz CT molecular complexity index is 972. The standard InChI is InChI=1S/C30H55N7O11/c1-3-16-47-18-19-48-17-4-7-32-30(46)24(5-6-25(38)31-2)33-26(39)20-34-8-10-35(21-27(40)41)12-14-37(23-29(44)45)15-13-36(11-9-34)22-28(42)43/h24H,3-23H2,1-2H3,(H,31,38)(H,32,46)(H,33,39)(H,40,41)(H,42,43)(H,44,45)/t24-/m1/s1. The largest absolute Gasteiger partial charge is 0.480 e. The summed E-state index contributed by atoms with van der Waals surface area (Å²) in [5.41, 5.74) is 0. The lowest BCUT2D eigenvalue weighted by Gasteiger charge is -2.33. The predicted octanol–water partition coefficient (Wildman–Crippen LogP) is -2.58. The summed E-state index contributed by atoms with van der Waals surface area (Å²) in [6, 6.07) is -0.988. The van der Waals surface area contributed by atoms with Gasteiger partial charge < -0.3 is 40.7 Å². The molecule has 0 unspecified atom stereocenters. The van der Waals surface area contributed by atoms with Crippen LogP contribution in [0.4, 0.5) is 0 Å². The average Bonchev–Trinajstić information content (AvgIpc) is 3.02. The van der Waals surface area contributed by atoms with E-state index in [1.807, 2.05) is 6.92 Å². The van der Waals surface area contributed by atoms with E-state index in [1.54, 1.807) is 19.6 Å². The number of aliphatic carboxylic acids is 3. The average molecular weight is 690 g/mol. The number of carboxylic acid groups (broad SMARTS) is 3. The number of amides is 3. The number of carbonyl (C=O) groups excluding carboxylic acids is 3. The second-order valence-electron chi connectivity index (χ2n) is 11.5. The molecule has 1 aliphatic heterocycles. The molecule has 1 saturated heterocycles. The van der Waals surface area contributed by atoms with Crippen LogP contribution in [0, 0.1) is 0 Å². The number of carboxylic acids is 3. The van der Waals surface area contributed by atoms with Gasteiger partial charge in [0, 0.05) is 85.6 Å². The lowest BCUT2D eigenvalue weighted by atomic mass is 10.1. The highest BCUT2D eigenvalue weighted by atomic mass is 16.5. The van der Waals surface area contributed by atoms with Gasteiger partial charge >= 0.3 is 17.9 Å². The van der Waals surface area contributed by atoms with Crippen LogP contribution >= 0.6 is 0 Å². The molecule has 0 aromatic rings. The number of hydrogen-bond donors (Lipinski definition) is 6. The van der Waals surface area contributed by atoms with Crippen molar-refractivity contribution in [3.05, 3.63) is 0 Å². The van der Waals surface area contributed by atoms with Crippen LogP contribution in [0.25, 0.3) is 0 Å². The Labute approximate surface area is 282 Å². The normalized spacial score (nSPS) is 16.6. The molecule has 1 heterocycles. The van der Waals surface area contributed by atoms with Crippen molar-refractivity contribution < 1.29 is 53.6 Å². The smallest absolute Gasteiger partial charge is 0.317 e. The molecular formula is C30H55N7O11. The van der Waals surface area contributed by atoms with E-state index < -0.39 is 35.8 Å². The van der Waals surface area contributed by atoms with Gasteiger partial charge in [-0.15, -0.1) is 0 Å². The maximum atomic E-state index is 13.3. The number of nitrogens with one attached hydrogen (secondary N) is 3. The third-order valence-corrected chi connectivity index (χ3v) is 7.45.